The summed E-state index contributed by atoms with van der Waals surface area (Å²) in [6.07, 6.45) is -0.346. The lowest BCUT2D eigenvalue weighted by Gasteiger charge is -2.11. The molecule has 0 bridgehead atoms. The molecule has 1 N–H and O–H groups in total. The van der Waals surface area contributed by atoms with E-state index in [0.29, 0.717) is 17.0 Å². The summed E-state index contributed by atoms with van der Waals surface area (Å²) in [5.41, 5.74) is 0.946. The first-order valence-corrected chi connectivity index (χ1v) is 6.64. The van der Waals surface area contributed by atoms with Gasteiger partial charge in [0, 0.05) is 10.0 Å². The Labute approximate surface area is 111 Å². The molecule has 1 unspecified atom stereocenters. The molecule has 0 aliphatic rings. The molecule has 0 aliphatic heterocycles. The number of aromatic nitrogens is 2. The Bertz CT molecular complexity index is 532. The minimum Gasteiger partial charge on any atom is -0.383 e. The van der Waals surface area contributed by atoms with E-state index in [4.69, 9.17) is 0 Å². The molecule has 2 rings (SSSR count). The molecule has 1 heterocycles. The molecule has 0 saturated heterocycles. The summed E-state index contributed by atoms with van der Waals surface area (Å²) in [5.74, 6) is -0.434. The van der Waals surface area contributed by atoms with Crippen molar-refractivity contribution in [2.24, 2.45) is 0 Å². The van der Waals surface area contributed by atoms with Crippen LogP contribution in [0.1, 0.15) is 29.2 Å². The summed E-state index contributed by atoms with van der Waals surface area (Å²) in [5, 5.41) is 14.1. The van der Waals surface area contributed by atoms with E-state index in [1.165, 1.54) is 6.07 Å². The van der Waals surface area contributed by atoms with Crippen LogP contribution >= 0.6 is 27.5 Å². The maximum atomic E-state index is 13.6. The van der Waals surface area contributed by atoms with Crippen molar-refractivity contribution in [3.05, 3.63) is 44.6 Å². The maximum absolute atomic E-state index is 13.6. The van der Waals surface area contributed by atoms with Crippen molar-refractivity contribution in [2.75, 3.05) is 0 Å². The zero-order valence-electron chi connectivity index (χ0n) is 9.02. The van der Waals surface area contributed by atoms with Crippen LogP contribution in [0.3, 0.4) is 0 Å². The highest BCUT2D eigenvalue weighted by Gasteiger charge is 2.21. The molecular weight excluding hydrogens is 307 g/mol. The molecule has 0 spiro atoms. The number of aliphatic hydroxyl groups excluding tert-OH is 1. The second-order valence-corrected chi connectivity index (χ2v) is 5.21. The molecule has 0 radical (unpaired) electrons. The fourth-order valence-corrected chi connectivity index (χ4v) is 2.66. The predicted molar refractivity (Wildman–Crippen MR) is 67.4 cm³/mol. The van der Waals surface area contributed by atoms with Gasteiger partial charge in [0.2, 0.25) is 0 Å². The van der Waals surface area contributed by atoms with Gasteiger partial charge in [0.25, 0.3) is 0 Å². The van der Waals surface area contributed by atoms with Crippen molar-refractivity contribution in [1.29, 1.82) is 0 Å². The number of hydrogen-bond donors (Lipinski definition) is 1. The van der Waals surface area contributed by atoms with E-state index in [-0.39, 0.29) is 5.56 Å². The minimum absolute atomic E-state index is 0.236. The average Bonchev–Trinajstić information content (AvgIpc) is 2.79. The van der Waals surface area contributed by atoms with Gasteiger partial charge < -0.3 is 5.11 Å². The summed E-state index contributed by atoms with van der Waals surface area (Å²) in [6.45, 7) is 1.92. The highest BCUT2D eigenvalue weighted by molar-refractivity contribution is 9.10. The third-order valence-corrected chi connectivity index (χ3v) is 3.73. The van der Waals surface area contributed by atoms with Crippen molar-refractivity contribution in [2.45, 2.75) is 19.4 Å². The van der Waals surface area contributed by atoms with Crippen LogP contribution in [0.15, 0.2) is 22.7 Å². The van der Waals surface area contributed by atoms with Gasteiger partial charge >= 0.3 is 0 Å². The Kier molecular flexibility index (Phi) is 3.86. The molecule has 6 heteroatoms. The summed E-state index contributed by atoms with van der Waals surface area (Å²) in [7, 11) is 0. The van der Waals surface area contributed by atoms with E-state index < -0.39 is 11.9 Å². The van der Waals surface area contributed by atoms with Gasteiger partial charge in [0.05, 0.1) is 10.6 Å². The van der Waals surface area contributed by atoms with Crippen LogP contribution in [0.4, 0.5) is 4.39 Å². The summed E-state index contributed by atoms with van der Waals surface area (Å²) in [6, 6.07) is 4.49. The van der Waals surface area contributed by atoms with E-state index in [1.807, 2.05) is 6.92 Å². The first-order valence-electron chi connectivity index (χ1n) is 5.07. The predicted octanol–water partition coefficient (Wildman–Crippen LogP) is 3.08. The van der Waals surface area contributed by atoms with Crippen molar-refractivity contribution >= 4 is 27.5 Å². The fraction of sp³-hybridized carbons (Fsp3) is 0.273. The molecule has 17 heavy (non-hydrogen) atoms. The van der Waals surface area contributed by atoms with Crippen LogP contribution in [-0.2, 0) is 6.42 Å². The van der Waals surface area contributed by atoms with Crippen LogP contribution in [0.5, 0.6) is 0 Å². The van der Waals surface area contributed by atoms with E-state index in [9.17, 15) is 9.50 Å². The lowest BCUT2D eigenvalue weighted by Crippen LogP contribution is -2.03. The number of aliphatic hydroxyl groups is 1. The third kappa shape index (κ3) is 2.53. The lowest BCUT2D eigenvalue weighted by atomic mass is 10.1. The summed E-state index contributed by atoms with van der Waals surface area (Å²) < 4.78 is 18.1. The Morgan fingerprint density at radius 1 is 1.53 bits per heavy atom. The number of hydrogen-bond acceptors (Lipinski definition) is 4. The fourth-order valence-electron chi connectivity index (χ4n) is 1.53. The highest BCUT2D eigenvalue weighted by Crippen LogP contribution is 2.30. The Hall–Kier alpha value is -0.850. The Balaban J connectivity index is 2.43. The van der Waals surface area contributed by atoms with Crippen molar-refractivity contribution < 1.29 is 9.50 Å². The molecule has 1 aromatic heterocycles. The zero-order chi connectivity index (χ0) is 12.4. The summed E-state index contributed by atoms with van der Waals surface area (Å²) >= 11 is 4.36. The van der Waals surface area contributed by atoms with E-state index in [2.05, 4.69) is 25.5 Å². The van der Waals surface area contributed by atoms with Gasteiger partial charge in [-0.25, -0.2) is 4.39 Å². The van der Waals surface area contributed by atoms with Crippen molar-refractivity contribution in [1.82, 2.24) is 9.59 Å². The molecule has 0 saturated carbocycles. The molecule has 3 nitrogen and oxygen atoms in total. The largest absolute Gasteiger partial charge is 0.383 e. The molecule has 0 fully saturated rings. The van der Waals surface area contributed by atoms with Gasteiger partial charge in [-0.15, -0.1) is 5.10 Å². The molecule has 0 amide bonds. The number of halogens is 2. The Morgan fingerprint density at radius 3 is 3.00 bits per heavy atom. The molecule has 1 aromatic carbocycles. The molecule has 0 aliphatic carbocycles. The summed E-state index contributed by atoms with van der Waals surface area (Å²) in [4.78, 5) is 0.601. The maximum Gasteiger partial charge on any atom is 0.129 e. The molecule has 2 aromatic rings. The molecule has 1 atom stereocenters. The smallest absolute Gasteiger partial charge is 0.129 e. The first kappa shape index (κ1) is 12.6. The van der Waals surface area contributed by atoms with Crippen LogP contribution < -0.4 is 0 Å². The van der Waals surface area contributed by atoms with Crippen LogP contribution in [0.2, 0.25) is 0 Å². The van der Waals surface area contributed by atoms with Crippen molar-refractivity contribution in [3.8, 4) is 0 Å². The number of nitrogens with zero attached hydrogens (tertiary/aromatic N) is 2. The van der Waals surface area contributed by atoms with Crippen LogP contribution in [0, 0.1) is 5.82 Å². The number of rotatable bonds is 3. The van der Waals surface area contributed by atoms with Crippen LogP contribution in [-0.4, -0.2) is 14.7 Å². The van der Waals surface area contributed by atoms with Gasteiger partial charge in [-0.05, 0) is 36.2 Å². The minimum atomic E-state index is -1.01. The average molecular weight is 317 g/mol. The molecular formula is C11H10BrFN2OS. The number of aryl methyl sites for hydroxylation is 1. The molecule has 90 valence electrons. The van der Waals surface area contributed by atoms with E-state index >= 15 is 0 Å². The van der Waals surface area contributed by atoms with Crippen molar-refractivity contribution in [3.63, 3.8) is 0 Å². The first-order chi connectivity index (χ1) is 8.13. The quantitative estimate of drug-likeness (QED) is 0.946. The Morgan fingerprint density at radius 2 is 2.29 bits per heavy atom. The van der Waals surface area contributed by atoms with Crippen LogP contribution in [0.25, 0.3) is 0 Å². The monoisotopic (exact) mass is 316 g/mol. The van der Waals surface area contributed by atoms with Gasteiger partial charge in [-0.3, -0.25) is 0 Å². The third-order valence-electron chi connectivity index (χ3n) is 2.42. The number of benzene rings is 1. The van der Waals surface area contributed by atoms with Gasteiger partial charge in [0.1, 0.15) is 11.9 Å². The van der Waals surface area contributed by atoms with Gasteiger partial charge in [-0.2, -0.15) is 0 Å². The SMILES string of the molecule is CCc1nnsc1C(O)c1cc(Br)ccc1F. The highest BCUT2D eigenvalue weighted by atomic mass is 79.9. The normalized spacial score (nSPS) is 12.7. The van der Waals surface area contributed by atoms with Gasteiger partial charge in [0.15, 0.2) is 0 Å². The topological polar surface area (TPSA) is 46.0 Å². The second-order valence-electron chi connectivity index (χ2n) is 3.51. The second kappa shape index (κ2) is 5.20. The lowest BCUT2D eigenvalue weighted by molar-refractivity contribution is 0.217. The standard InChI is InChI=1S/C11H10BrFN2OS/c1-2-9-11(17-15-14-9)10(16)7-5-6(12)3-4-8(7)13/h3-5,10,16H,2H2,1H3. The zero-order valence-corrected chi connectivity index (χ0v) is 11.4. The van der Waals surface area contributed by atoms with E-state index in [1.54, 1.807) is 12.1 Å². The van der Waals surface area contributed by atoms with E-state index in [0.717, 1.165) is 16.0 Å². The van der Waals surface area contributed by atoms with Gasteiger partial charge in [-0.1, -0.05) is 27.3 Å².